The van der Waals surface area contributed by atoms with Crippen LogP contribution in [-0.4, -0.2) is 42.5 Å². The molecule has 4 nitrogen and oxygen atoms in total. The summed E-state index contributed by atoms with van der Waals surface area (Å²) >= 11 is 0. The number of likely N-dealkylation sites (N-methyl/N-ethyl adjacent to an activating group) is 1. The maximum Gasteiger partial charge on any atom is 0.248 e. The minimum atomic E-state index is -0.318. The number of amides is 1. The number of hydrogen-bond acceptors (Lipinski definition) is 3. The summed E-state index contributed by atoms with van der Waals surface area (Å²) in [7, 11) is 2.15. The van der Waals surface area contributed by atoms with Crippen LogP contribution in [0.1, 0.15) is 86.0 Å². The SMILES string of the molecule is CNC(CC1CCCCC1)CN1[C@@H]2CC[C@H]1C[C@@H](c1cccc(C(N)=O)c1)C2. The highest BCUT2D eigenvalue weighted by atomic mass is 16.1. The second kappa shape index (κ2) is 8.96. The molecule has 154 valence electrons. The average Bonchev–Trinajstić information content (AvgIpc) is 2.95. The molecule has 1 amide bonds. The fourth-order valence-electron chi connectivity index (χ4n) is 6.15. The topological polar surface area (TPSA) is 58.4 Å². The van der Waals surface area contributed by atoms with Crippen LogP contribution in [0.2, 0.25) is 0 Å². The Morgan fingerprint density at radius 2 is 1.86 bits per heavy atom. The molecule has 1 aromatic rings. The van der Waals surface area contributed by atoms with Gasteiger partial charge in [0, 0.05) is 30.2 Å². The van der Waals surface area contributed by atoms with Crippen LogP contribution in [0.15, 0.2) is 24.3 Å². The van der Waals surface area contributed by atoms with E-state index in [0.29, 0.717) is 29.6 Å². The summed E-state index contributed by atoms with van der Waals surface area (Å²) in [5.41, 5.74) is 7.45. The van der Waals surface area contributed by atoms with Crippen molar-refractivity contribution in [3.8, 4) is 0 Å². The Hall–Kier alpha value is -1.39. The molecule has 3 aliphatic rings. The van der Waals surface area contributed by atoms with E-state index in [9.17, 15) is 4.79 Å². The first kappa shape index (κ1) is 19.9. The van der Waals surface area contributed by atoms with Crippen molar-refractivity contribution in [1.82, 2.24) is 10.2 Å². The van der Waals surface area contributed by atoms with Crippen molar-refractivity contribution in [3.05, 3.63) is 35.4 Å². The number of primary amides is 1. The first-order valence-electron chi connectivity index (χ1n) is 11.5. The van der Waals surface area contributed by atoms with Crippen molar-refractivity contribution in [3.63, 3.8) is 0 Å². The van der Waals surface area contributed by atoms with Gasteiger partial charge in [-0.2, -0.15) is 0 Å². The number of hydrogen-bond donors (Lipinski definition) is 2. The van der Waals surface area contributed by atoms with Crippen molar-refractivity contribution in [2.75, 3.05) is 13.6 Å². The fourth-order valence-corrected chi connectivity index (χ4v) is 6.15. The lowest BCUT2D eigenvalue weighted by Crippen LogP contribution is -2.49. The maximum atomic E-state index is 11.6. The lowest BCUT2D eigenvalue weighted by Gasteiger charge is -2.41. The van der Waals surface area contributed by atoms with Gasteiger partial charge in [0.25, 0.3) is 0 Å². The first-order valence-corrected chi connectivity index (χ1v) is 11.5. The van der Waals surface area contributed by atoms with Gasteiger partial charge < -0.3 is 11.1 Å². The standard InChI is InChI=1S/C24H37N3O/c1-26-21(12-17-6-3-2-4-7-17)16-27-22-10-11-23(27)15-20(14-22)18-8-5-9-19(13-18)24(25)28/h5,8-9,13,17,20-23,26H,2-4,6-7,10-12,14-16H2,1H3,(H2,25,28)/t20-,21?,22+,23-. The monoisotopic (exact) mass is 383 g/mol. The third kappa shape index (κ3) is 4.44. The van der Waals surface area contributed by atoms with Crippen LogP contribution in [0.25, 0.3) is 0 Å². The smallest absolute Gasteiger partial charge is 0.248 e. The van der Waals surface area contributed by atoms with E-state index in [1.807, 2.05) is 18.2 Å². The predicted octanol–water partition coefficient (Wildman–Crippen LogP) is 4.05. The van der Waals surface area contributed by atoms with E-state index in [1.54, 1.807) is 0 Å². The highest BCUT2D eigenvalue weighted by molar-refractivity contribution is 5.92. The zero-order valence-electron chi connectivity index (χ0n) is 17.4. The van der Waals surface area contributed by atoms with Crippen LogP contribution in [0.5, 0.6) is 0 Å². The summed E-state index contributed by atoms with van der Waals surface area (Å²) in [5, 5.41) is 3.64. The van der Waals surface area contributed by atoms with Gasteiger partial charge in [0.05, 0.1) is 0 Å². The Balaban J connectivity index is 1.38. The van der Waals surface area contributed by atoms with Gasteiger partial charge in [0.1, 0.15) is 0 Å². The molecule has 1 saturated carbocycles. The average molecular weight is 384 g/mol. The van der Waals surface area contributed by atoms with Gasteiger partial charge in [-0.25, -0.2) is 0 Å². The molecule has 4 rings (SSSR count). The molecule has 3 N–H and O–H groups in total. The largest absolute Gasteiger partial charge is 0.366 e. The Morgan fingerprint density at radius 1 is 1.14 bits per heavy atom. The number of nitrogens with two attached hydrogens (primary N) is 1. The Labute approximate surface area is 170 Å². The Bertz CT molecular complexity index is 656. The van der Waals surface area contributed by atoms with E-state index in [-0.39, 0.29) is 5.91 Å². The number of carbonyl (C=O) groups is 1. The minimum absolute atomic E-state index is 0.318. The summed E-state index contributed by atoms with van der Waals surface area (Å²) in [4.78, 5) is 14.4. The van der Waals surface area contributed by atoms with Gasteiger partial charge in [0.2, 0.25) is 5.91 Å². The van der Waals surface area contributed by atoms with Crippen LogP contribution in [0.3, 0.4) is 0 Å². The molecule has 0 radical (unpaired) electrons. The zero-order valence-corrected chi connectivity index (χ0v) is 17.4. The number of nitrogens with zero attached hydrogens (tertiary/aromatic N) is 1. The predicted molar refractivity (Wildman–Crippen MR) is 114 cm³/mol. The summed E-state index contributed by atoms with van der Waals surface area (Å²) < 4.78 is 0. The van der Waals surface area contributed by atoms with Crippen molar-refractivity contribution in [2.24, 2.45) is 11.7 Å². The third-order valence-corrected chi connectivity index (χ3v) is 7.71. The van der Waals surface area contributed by atoms with Crippen LogP contribution < -0.4 is 11.1 Å². The van der Waals surface area contributed by atoms with Crippen LogP contribution in [0.4, 0.5) is 0 Å². The van der Waals surface area contributed by atoms with E-state index in [0.717, 1.165) is 5.92 Å². The molecule has 2 heterocycles. The molecular formula is C24H37N3O. The molecule has 2 aliphatic heterocycles. The first-order chi connectivity index (χ1) is 13.6. The van der Waals surface area contributed by atoms with Gasteiger partial charge in [-0.15, -0.1) is 0 Å². The molecule has 2 bridgehead atoms. The second-order valence-electron chi connectivity index (χ2n) is 9.47. The molecule has 4 heteroatoms. The number of fused-ring (bicyclic) bond motifs is 2. The quantitative estimate of drug-likeness (QED) is 0.747. The molecule has 3 fully saturated rings. The highest BCUT2D eigenvalue weighted by Crippen LogP contribution is 2.43. The molecule has 28 heavy (non-hydrogen) atoms. The van der Waals surface area contributed by atoms with E-state index in [4.69, 9.17) is 5.73 Å². The molecule has 1 aromatic carbocycles. The van der Waals surface area contributed by atoms with Crippen molar-refractivity contribution >= 4 is 5.91 Å². The zero-order chi connectivity index (χ0) is 19.5. The van der Waals surface area contributed by atoms with Crippen LogP contribution >= 0.6 is 0 Å². The van der Waals surface area contributed by atoms with Gasteiger partial charge in [-0.1, -0.05) is 44.2 Å². The van der Waals surface area contributed by atoms with Crippen LogP contribution in [-0.2, 0) is 0 Å². The van der Waals surface area contributed by atoms with Gasteiger partial charge in [-0.05, 0) is 68.7 Å². The van der Waals surface area contributed by atoms with Gasteiger partial charge in [0.15, 0.2) is 0 Å². The molecule has 0 aromatic heterocycles. The Kier molecular flexibility index (Phi) is 6.37. The van der Waals surface area contributed by atoms with E-state index >= 15 is 0 Å². The van der Waals surface area contributed by atoms with E-state index in [2.05, 4.69) is 23.3 Å². The summed E-state index contributed by atoms with van der Waals surface area (Å²) in [6.45, 7) is 1.20. The van der Waals surface area contributed by atoms with Crippen molar-refractivity contribution in [2.45, 2.75) is 88.3 Å². The number of piperidine rings is 1. The lowest BCUT2D eigenvalue weighted by atomic mass is 9.83. The van der Waals surface area contributed by atoms with Crippen molar-refractivity contribution < 1.29 is 4.79 Å². The summed E-state index contributed by atoms with van der Waals surface area (Å²) in [6.07, 6.45) is 13.6. The Morgan fingerprint density at radius 3 is 2.50 bits per heavy atom. The summed E-state index contributed by atoms with van der Waals surface area (Å²) in [6, 6.07) is 10.1. The second-order valence-corrected chi connectivity index (χ2v) is 9.47. The maximum absolute atomic E-state index is 11.6. The highest BCUT2D eigenvalue weighted by Gasteiger charge is 2.41. The molecule has 2 saturated heterocycles. The minimum Gasteiger partial charge on any atom is -0.366 e. The third-order valence-electron chi connectivity index (χ3n) is 7.71. The lowest BCUT2D eigenvalue weighted by molar-refractivity contribution is 0.0999. The fraction of sp³-hybridized carbons (Fsp3) is 0.708. The normalized spacial score (nSPS) is 29.7. The van der Waals surface area contributed by atoms with E-state index < -0.39 is 0 Å². The van der Waals surface area contributed by atoms with E-state index in [1.165, 1.54) is 76.3 Å². The molecule has 4 atom stereocenters. The molecule has 0 spiro atoms. The van der Waals surface area contributed by atoms with Gasteiger partial charge in [-0.3, -0.25) is 9.69 Å². The summed E-state index contributed by atoms with van der Waals surface area (Å²) in [5.74, 6) is 1.18. The molecule has 1 aliphatic carbocycles. The van der Waals surface area contributed by atoms with Crippen molar-refractivity contribution in [1.29, 1.82) is 0 Å². The number of rotatable bonds is 7. The van der Waals surface area contributed by atoms with Gasteiger partial charge >= 0.3 is 0 Å². The number of carbonyl (C=O) groups excluding carboxylic acids is 1. The van der Waals surface area contributed by atoms with Crippen LogP contribution in [0, 0.1) is 5.92 Å². The number of benzene rings is 1. The molecular weight excluding hydrogens is 346 g/mol. The number of nitrogens with one attached hydrogen (secondary N) is 1. The molecule has 1 unspecified atom stereocenters.